The van der Waals surface area contributed by atoms with Gasteiger partial charge >= 0.3 is 0 Å². The monoisotopic (exact) mass is 486 g/mol. The van der Waals surface area contributed by atoms with E-state index in [0.717, 1.165) is 28.1 Å². The largest absolute Gasteiger partial charge is 0.351 e. The Balaban J connectivity index is 1.52. The van der Waals surface area contributed by atoms with E-state index in [9.17, 15) is 13.2 Å². The fourth-order valence-corrected chi connectivity index (χ4v) is 4.38. The fourth-order valence-electron chi connectivity index (χ4n) is 3.28. The summed E-state index contributed by atoms with van der Waals surface area (Å²) in [5, 5.41) is 7.84. The van der Waals surface area contributed by atoms with E-state index in [1.165, 1.54) is 6.08 Å². The molecule has 0 bridgehead atoms. The molecule has 0 atom stereocenters. The van der Waals surface area contributed by atoms with Crippen LogP contribution in [-0.4, -0.2) is 36.4 Å². The van der Waals surface area contributed by atoms with Gasteiger partial charge in [0.25, 0.3) is 0 Å². The van der Waals surface area contributed by atoms with Gasteiger partial charge in [-0.25, -0.2) is 13.1 Å². The predicted octanol–water partition coefficient (Wildman–Crippen LogP) is 3.45. The molecule has 174 valence electrons. The molecule has 0 unspecified atom stereocenters. The molecule has 3 rings (SSSR count). The highest BCUT2D eigenvalue weighted by molar-refractivity contribution is 7.89. The topological polar surface area (TPSA) is 93.1 Å². The molecular weight excluding hydrogens is 460 g/mol. The molecule has 0 aliphatic carbocycles. The number of hydrogen-bond acceptors (Lipinski definition) is 4. The third kappa shape index (κ3) is 7.28. The maximum absolute atomic E-state index is 12.2. The maximum Gasteiger partial charge on any atom is 0.244 e. The number of amides is 1. The molecule has 0 saturated heterocycles. The molecule has 2 aromatic carbocycles. The van der Waals surface area contributed by atoms with Crippen LogP contribution in [0.2, 0.25) is 5.02 Å². The molecule has 0 radical (unpaired) electrons. The van der Waals surface area contributed by atoms with Gasteiger partial charge in [-0.15, -0.1) is 0 Å². The Hall–Kier alpha value is -2.94. The van der Waals surface area contributed by atoms with Gasteiger partial charge in [-0.2, -0.15) is 5.10 Å². The summed E-state index contributed by atoms with van der Waals surface area (Å²) in [6, 6.07) is 16.8. The summed E-state index contributed by atoms with van der Waals surface area (Å²) in [6.45, 7) is 4.56. The lowest BCUT2D eigenvalue weighted by molar-refractivity contribution is -0.116. The molecule has 0 fully saturated rings. The Morgan fingerprint density at radius 2 is 1.79 bits per heavy atom. The summed E-state index contributed by atoms with van der Waals surface area (Å²) < 4.78 is 28.6. The van der Waals surface area contributed by atoms with E-state index < -0.39 is 10.0 Å². The lowest BCUT2D eigenvalue weighted by Gasteiger charge is -2.07. The van der Waals surface area contributed by atoms with Gasteiger partial charge in [-0.1, -0.05) is 60.1 Å². The molecule has 0 aliphatic rings. The summed E-state index contributed by atoms with van der Waals surface area (Å²) in [4.78, 5) is 12.2. The Labute approximate surface area is 199 Å². The Bertz CT molecular complexity index is 1240. The molecule has 9 heteroatoms. The molecule has 0 saturated carbocycles. The summed E-state index contributed by atoms with van der Waals surface area (Å²) in [5.74, 6) is -0.571. The van der Waals surface area contributed by atoms with E-state index in [1.807, 2.05) is 73.1 Å². The molecule has 2 N–H and O–H groups in total. The number of nitrogens with one attached hydrogen (secondary N) is 2. The van der Waals surface area contributed by atoms with Crippen molar-refractivity contribution in [2.45, 2.75) is 26.9 Å². The summed E-state index contributed by atoms with van der Waals surface area (Å²) in [6.07, 6.45) is 3.08. The minimum atomic E-state index is -3.50. The van der Waals surface area contributed by atoms with Crippen LogP contribution in [0.15, 0.2) is 60.7 Å². The van der Waals surface area contributed by atoms with E-state index in [2.05, 4.69) is 15.1 Å². The lowest BCUT2D eigenvalue weighted by Crippen LogP contribution is -2.33. The third-order valence-electron chi connectivity index (χ3n) is 5.13. The SMILES string of the molecule is Cc1nn(Cc2ccccc2Cl)c(C)c1/C=C/C(=O)NCCS(=O)(=O)NCc1ccccc1. The maximum atomic E-state index is 12.2. The van der Waals surface area contributed by atoms with Crippen LogP contribution in [0.3, 0.4) is 0 Å². The van der Waals surface area contributed by atoms with Crippen LogP contribution in [0.1, 0.15) is 28.1 Å². The lowest BCUT2D eigenvalue weighted by atomic mass is 10.1. The van der Waals surface area contributed by atoms with Crippen molar-refractivity contribution < 1.29 is 13.2 Å². The Morgan fingerprint density at radius 1 is 1.09 bits per heavy atom. The van der Waals surface area contributed by atoms with Crippen molar-refractivity contribution in [3.05, 3.63) is 93.8 Å². The van der Waals surface area contributed by atoms with Crippen molar-refractivity contribution in [1.82, 2.24) is 19.8 Å². The van der Waals surface area contributed by atoms with E-state index >= 15 is 0 Å². The zero-order valence-corrected chi connectivity index (χ0v) is 20.2. The van der Waals surface area contributed by atoms with E-state index in [0.29, 0.717) is 11.6 Å². The van der Waals surface area contributed by atoms with E-state index in [-0.39, 0.29) is 24.7 Å². The fraction of sp³-hybridized carbons (Fsp3) is 0.250. The first-order valence-corrected chi connectivity index (χ1v) is 12.5. The number of halogens is 1. The molecule has 7 nitrogen and oxygen atoms in total. The predicted molar refractivity (Wildman–Crippen MR) is 131 cm³/mol. The highest BCUT2D eigenvalue weighted by Gasteiger charge is 2.12. The number of hydrogen-bond donors (Lipinski definition) is 2. The number of aromatic nitrogens is 2. The van der Waals surface area contributed by atoms with Crippen LogP contribution >= 0.6 is 11.6 Å². The van der Waals surface area contributed by atoms with Crippen LogP contribution in [0.5, 0.6) is 0 Å². The first-order chi connectivity index (χ1) is 15.7. The number of rotatable bonds is 10. The summed E-state index contributed by atoms with van der Waals surface area (Å²) in [5.41, 5.74) is 4.36. The van der Waals surface area contributed by atoms with Crippen molar-refractivity contribution in [2.75, 3.05) is 12.3 Å². The van der Waals surface area contributed by atoms with Gasteiger partial charge in [0.05, 0.1) is 18.0 Å². The highest BCUT2D eigenvalue weighted by Crippen LogP contribution is 2.20. The zero-order valence-electron chi connectivity index (χ0n) is 18.6. The van der Waals surface area contributed by atoms with Crippen LogP contribution in [0.25, 0.3) is 6.08 Å². The number of carbonyl (C=O) groups excluding carboxylic acids is 1. The standard InChI is InChI=1S/C24H27ClN4O3S/c1-18-22(19(2)29(28-18)17-21-10-6-7-11-23(21)25)12-13-24(30)26-14-15-33(31,32)27-16-20-8-4-3-5-9-20/h3-13,27H,14-17H2,1-2H3,(H,26,30)/b13-12+. The Kier molecular flexibility index (Phi) is 8.43. The van der Waals surface area contributed by atoms with E-state index in [4.69, 9.17) is 11.6 Å². The van der Waals surface area contributed by atoms with Gasteiger partial charge in [0, 0.05) is 35.4 Å². The molecule has 1 aromatic heterocycles. The molecule has 1 heterocycles. The molecule has 0 aliphatic heterocycles. The minimum Gasteiger partial charge on any atom is -0.351 e. The molecule has 0 spiro atoms. The average Bonchev–Trinajstić information content (AvgIpc) is 3.05. The van der Waals surface area contributed by atoms with Crippen molar-refractivity contribution >= 4 is 33.6 Å². The number of benzene rings is 2. The van der Waals surface area contributed by atoms with Crippen LogP contribution in [-0.2, 0) is 27.9 Å². The number of nitrogens with zero attached hydrogens (tertiary/aromatic N) is 2. The van der Waals surface area contributed by atoms with Crippen molar-refractivity contribution in [1.29, 1.82) is 0 Å². The molecule has 3 aromatic rings. The van der Waals surface area contributed by atoms with Gasteiger partial charge in [0.1, 0.15) is 0 Å². The van der Waals surface area contributed by atoms with Gasteiger partial charge < -0.3 is 5.32 Å². The van der Waals surface area contributed by atoms with Crippen molar-refractivity contribution in [3.63, 3.8) is 0 Å². The van der Waals surface area contributed by atoms with Gasteiger partial charge in [0.15, 0.2) is 0 Å². The van der Waals surface area contributed by atoms with Gasteiger partial charge in [0.2, 0.25) is 15.9 Å². The van der Waals surface area contributed by atoms with Crippen molar-refractivity contribution in [2.24, 2.45) is 0 Å². The van der Waals surface area contributed by atoms with Crippen molar-refractivity contribution in [3.8, 4) is 0 Å². The van der Waals surface area contributed by atoms with Crippen LogP contribution in [0, 0.1) is 13.8 Å². The smallest absolute Gasteiger partial charge is 0.244 e. The van der Waals surface area contributed by atoms with E-state index in [1.54, 1.807) is 6.08 Å². The molecule has 33 heavy (non-hydrogen) atoms. The molecular formula is C24H27ClN4O3S. The number of carbonyl (C=O) groups is 1. The first-order valence-electron chi connectivity index (χ1n) is 10.5. The number of aryl methyl sites for hydroxylation is 1. The Morgan fingerprint density at radius 3 is 2.52 bits per heavy atom. The first kappa shape index (κ1) is 24.7. The van der Waals surface area contributed by atoms with Gasteiger partial charge in [-0.3, -0.25) is 9.48 Å². The summed E-state index contributed by atoms with van der Waals surface area (Å²) >= 11 is 6.25. The second-order valence-corrected chi connectivity index (χ2v) is 9.92. The minimum absolute atomic E-state index is 0.0109. The number of sulfonamides is 1. The highest BCUT2D eigenvalue weighted by atomic mass is 35.5. The normalized spacial score (nSPS) is 11.7. The van der Waals surface area contributed by atoms with Gasteiger partial charge in [-0.05, 0) is 37.1 Å². The zero-order chi connectivity index (χ0) is 23.8. The molecule has 1 amide bonds. The average molecular weight is 487 g/mol. The second kappa shape index (κ2) is 11.3. The second-order valence-electron chi connectivity index (χ2n) is 7.58. The quantitative estimate of drug-likeness (QED) is 0.429. The van der Waals surface area contributed by atoms with Crippen LogP contribution < -0.4 is 10.0 Å². The summed E-state index contributed by atoms with van der Waals surface area (Å²) in [7, 11) is -3.50. The third-order valence-corrected chi connectivity index (χ3v) is 6.82. The van der Waals surface area contributed by atoms with Crippen LogP contribution in [0.4, 0.5) is 0 Å².